The van der Waals surface area contributed by atoms with Crippen molar-refractivity contribution in [2.75, 3.05) is 19.6 Å². The van der Waals surface area contributed by atoms with Gasteiger partial charge in [-0.2, -0.15) is 0 Å². The van der Waals surface area contributed by atoms with Crippen molar-refractivity contribution in [1.29, 1.82) is 0 Å². The summed E-state index contributed by atoms with van der Waals surface area (Å²) >= 11 is 0. The van der Waals surface area contributed by atoms with Crippen molar-refractivity contribution in [2.24, 2.45) is 4.99 Å². The summed E-state index contributed by atoms with van der Waals surface area (Å²) in [4.78, 5) is 27.5. The van der Waals surface area contributed by atoms with Crippen LogP contribution in [0.15, 0.2) is 4.99 Å². The summed E-state index contributed by atoms with van der Waals surface area (Å²) in [6.07, 6.45) is 0. The van der Waals surface area contributed by atoms with E-state index in [1.165, 1.54) is 0 Å². The van der Waals surface area contributed by atoms with Crippen LogP contribution in [0.2, 0.25) is 0 Å². The molecule has 22 heavy (non-hydrogen) atoms. The second kappa shape index (κ2) is 8.60. The number of aliphatic imine (C=N–C) groups is 1. The third-order valence-corrected chi connectivity index (χ3v) is 2.06. The topological polar surface area (TPSA) is 91.8 Å². The second-order valence-electron chi connectivity index (χ2n) is 6.93. The van der Waals surface area contributed by atoms with Gasteiger partial charge in [-0.1, -0.05) is 0 Å². The van der Waals surface area contributed by atoms with E-state index in [2.05, 4.69) is 20.9 Å². The Morgan fingerprint density at radius 2 is 1.64 bits per heavy atom. The van der Waals surface area contributed by atoms with Crippen LogP contribution in [0.25, 0.3) is 0 Å². The van der Waals surface area contributed by atoms with Crippen molar-refractivity contribution in [1.82, 2.24) is 16.0 Å². The van der Waals surface area contributed by atoms with E-state index in [-0.39, 0.29) is 30.5 Å². The Morgan fingerprint density at radius 1 is 1.05 bits per heavy atom. The van der Waals surface area contributed by atoms with Crippen molar-refractivity contribution < 1.29 is 14.3 Å². The monoisotopic (exact) mass is 314 g/mol. The van der Waals surface area contributed by atoms with E-state index in [4.69, 9.17) is 4.74 Å². The quantitative estimate of drug-likeness (QED) is 0.396. The van der Waals surface area contributed by atoms with Gasteiger partial charge in [-0.25, -0.2) is 4.99 Å². The van der Waals surface area contributed by atoms with Crippen molar-refractivity contribution >= 4 is 17.8 Å². The Morgan fingerprint density at radius 3 is 2.09 bits per heavy atom. The SMILES string of the molecule is CCNC(=NCC(=O)NC(C)(C)C)NCC(=O)OC(C)(C)C. The zero-order valence-corrected chi connectivity index (χ0v) is 14.8. The minimum absolute atomic E-state index is 0.00993. The lowest BCUT2D eigenvalue weighted by Crippen LogP contribution is -2.44. The number of nitrogens with one attached hydrogen (secondary N) is 3. The second-order valence-corrected chi connectivity index (χ2v) is 6.93. The summed E-state index contributed by atoms with van der Waals surface area (Å²) < 4.78 is 5.19. The lowest BCUT2D eigenvalue weighted by molar-refractivity contribution is -0.153. The molecule has 0 heterocycles. The molecule has 0 aliphatic rings. The van der Waals surface area contributed by atoms with E-state index in [1.54, 1.807) is 20.8 Å². The molecule has 0 bridgehead atoms. The van der Waals surface area contributed by atoms with Crippen LogP contribution < -0.4 is 16.0 Å². The average Bonchev–Trinajstić information content (AvgIpc) is 2.28. The highest BCUT2D eigenvalue weighted by Gasteiger charge is 2.16. The summed E-state index contributed by atoms with van der Waals surface area (Å²) in [5, 5.41) is 8.64. The number of nitrogens with zero attached hydrogens (tertiary/aromatic N) is 1. The first-order valence-electron chi connectivity index (χ1n) is 7.48. The number of rotatable bonds is 5. The highest BCUT2D eigenvalue weighted by Crippen LogP contribution is 2.06. The fourth-order valence-electron chi connectivity index (χ4n) is 1.48. The van der Waals surface area contributed by atoms with Crippen molar-refractivity contribution in [2.45, 2.75) is 59.6 Å². The molecule has 7 nitrogen and oxygen atoms in total. The van der Waals surface area contributed by atoms with E-state index in [1.807, 2.05) is 27.7 Å². The average molecular weight is 314 g/mol. The third kappa shape index (κ3) is 12.0. The number of carbonyl (C=O) groups excluding carboxylic acids is 2. The van der Waals surface area contributed by atoms with E-state index in [0.717, 1.165) is 0 Å². The molecule has 0 aliphatic heterocycles. The number of hydrogen-bond donors (Lipinski definition) is 3. The highest BCUT2D eigenvalue weighted by molar-refractivity contribution is 5.87. The maximum atomic E-state index is 11.7. The summed E-state index contributed by atoms with van der Waals surface area (Å²) in [7, 11) is 0. The van der Waals surface area contributed by atoms with Gasteiger partial charge in [0.15, 0.2) is 5.96 Å². The maximum absolute atomic E-state index is 11.7. The molecular weight excluding hydrogens is 284 g/mol. The molecule has 0 radical (unpaired) electrons. The van der Waals surface area contributed by atoms with Gasteiger partial charge in [-0.3, -0.25) is 9.59 Å². The molecule has 0 saturated carbocycles. The molecule has 0 aromatic carbocycles. The standard InChI is InChI=1S/C15H30N4O3/c1-8-16-13(17-9-11(20)19-14(2,3)4)18-10-12(21)22-15(5,6)7/h8-10H2,1-7H3,(H,19,20)(H2,16,17,18). The summed E-state index contributed by atoms with van der Waals surface area (Å²) in [5.41, 5.74) is -0.824. The smallest absolute Gasteiger partial charge is 0.325 e. The van der Waals surface area contributed by atoms with Crippen LogP contribution in [0.1, 0.15) is 48.5 Å². The lowest BCUT2D eigenvalue weighted by Gasteiger charge is -2.21. The van der Waals surface area contributed by atoms with Crippen molar-refractivity contribution in [3.63, 3.8) is 0 Å². The molecule has 0 aliphatic carbocycles. The minimum atomic E-state index is -0.527. The maximum Gasteiger partial charge on any atom is 0.325 e. The normalized spacial score (nSPS) is 12.6. The van der Waals surface area contributed by atoms with Gasteiger partial charge < -0.3 is 20.7 Å². The summed E-state index contributed by atoms with van der Waals surface area (Å²) in [6.45, 7) is 13.6. The third-order valence-electron chi connectivity index (χ3n) is 2.06. The van der Waals surface area contributed by atoms with Crippen LogP contribution in [0.3, 0.4) is 0 Å². The molecule has 3 N–H and O–H groups in total. The van der Waals surface area contributed by atoms with Gasteiger partial charge in [-0.15, -0.1) is 0 Å². The van der Waals surface area contributed by atoms with Crippen LogP contribution in [0, 0.1) is 0 Å². The number of carbonyl (C=O) groups is 2. The Balaban J connectivity index is 4.44. The molecule has 0 fully saturated rings. The van der Waals surface area contributed by atoms with E-state index >= 15 is 0 Å². The molecule has 128 valence electrons. The van der Waals surface area contributed by atoms with Crippen molar-refractivity contribution in [3.8, 4) is 0 Å². The van der Waals surface area contributed by atoms with Gasteiger partial charge in [0, 0.05) is 12.1 Å². The number of hydrogen-bond acceptors (Lipinski definition) is 4. The Labute approximate surface area is 133 Å². The summed E-state index contributed by atoms with van der Waals surface area (Å²) in [6, 6.07) is 0. The molecule has 0 spiro atoms. The number of esters is 1. The largest absolute Gasteiger partial charge is 0.459 e. The van der Waals surface area contributed by atoms with Gasteiger partial charge in [0.25, 0.3) is 0 Å². The van der Waals surface area contributed by atoms with Gasteiger partial charge in [0.1, 0.15) is 18.7 Å². The molecule has 7 heteroatoms. The molecule has 0 aromatic rings. The van der Waals surface area contributed by atoms with Crippen LogP contribution in [0.5, 0.6) is 0 Å². The molecule has 0 atom stereocenters. The summed E-state index contributed by atoms with van der Waals surface area (Å²) in [5.74, 6) is -0.156. The molecule has 1 amide bonds. The first kappa shape index (κ1) is 20.2. The molecule has 0 saturated heterocycles. The molecular formula is C15H30N4O3. The predicted octanol–water partition coefficient (Wildman–Crippen LogP) is 0.798. The zero-order chi connectivity index (χ0) is 17.4. The number of amides is 1. The Hall–Kier alpha value is -1.79. The van der Waals surface area contributed by atoms with Gasteiger partial charge in [0.2, 0.25) is 5.91 Å². The number of ether oxygens (including phenoxy) is 1. The van der Waals surface area contributed by atoms with E-state index in [9.17, 15) is 9.59 Å². The fraction of sp³-hybridized carbons (Fsp3) is 0.800. The first-order chi connectivity index (χ1) is 9.93. The van der Waals surface area contributed by atoms with Crippen LogP contribution in [-0.4, -0.2) is 48.6 Å². The van der Waals surface area contributed by atoms with Crippen LogP contribution in [-0.2, 0) is 14.3 Å². The van der Waals surface area contributed by atoms with E-state index < -0.39 is 5.60 Å². The Kier molecular flexibility index (Phi) is 7.90. The van der Waals surface area contributed by atoms with Crippen molar-refractivity contribution in [3.05, 3.63) is 0 Å². The lowest BCUT2D eigenvalue weighted by atomic mass is 10.1. The molecule has 0 rings (SSSR count). The number of guanidine groups is 1. The zero-order valence-electron chi connectivity index (χ0n) is 14.8. The molecule has 0 unspecified atom stereocenters. The first-order valence-corrected chi connectivity index (χ1v) is 7.48. The van der Waals surface area contributed by atoms with Crippen LogP contribution in [0.4, 0.5) is 0 Å². The van der Waals surface area contributed by atoms with E-state index in [0.29, 0.717) is 12.5 Å². The van der Waals surface area contributed by atoms with Gasteiger partial charge in [-0.05, 0) is 48.5 Å². The highest BCUT2D eigenvalue weighted by atomic mass is 16.6. The minimum Gasteiger partial charge on any atom is -0.459 e. The van der Waals surface area contributed by atoms with Crippen LogP contribution >= 0.6 is 0 Å². The molecule has 0 aromatic heterocycles. The fourth-order valence-corrected chi connectivity index (χ4v) is 1.48. The Bertz CT molecular complexity index is 406. The van der Waals surface area contributed by atoms with Gasteiger partial charge in [0.05, 0.1) is 0 Å². The predicted molar refractivity (Wildman–Crippen MR) is 87.7 cm³/mol. The van der Waals surface area contributed by atoms with Gasteiger partial charge >= 0.3 is 5.97 Å².